The van der Waals surface area contributed by atoms with Crippen molar-refractivity contribution < 1.29 is 13.0 Å². The smallest absolute Gasteiger partial charge is 0.264 e. The molecule has 0 unspecified atom stereocenters. The van der Waals surface area contributed by atoms with Crippen LogP contribution in [0.5, 0.6) is 0 Å². The van der Waals surface area contributed by atoms with Crippen LogP contribution in [-0.4, -0.2) is 56.3 Å². The van der Waals surface area contributed by atoms with Gasteiger partial charge in [-0.1, -0.05) is 6.92 Å². The van der Waals surface area contributed by atoms with Crippen molar-refractivity contribution in [3.05, 3.63) is 0 Å². The minimum absolute atomic E-state index is 0.201. The van der Waals surface area contributed by atoms with E-state index in [4.69, 9.17) is 4.55 Å². The zero-order chi connectivity index (χ0) is 11.0. The third kappa shape index (κ3) is 8.43. The van der Waals surface area contributed by atoms with Gasteiger partial charge in [-0.15, -0.1) is 0 Å². The highest BCUT2D eigenvalue weighted by Gasteiger charge is 2.04. The molecule has 0 aromatic heterocycles. The van der Waals surface area contributed by atoms with Crippen LogP contribution in [0, 0.1) is 0 Å². The summed E-state index contributed by atoms with van der Waals surface area (Å²) >= 11 is 0. The molecule has 0 bridgehead atoms. The lowest BCUT2D eigenvalue weighted by Gasteiger charge is -2.25. The van der Waals surface area contributed by atoms with Gasteiger partial charge in [-0.05, 0) is 13.5 Å². The molecule has 6 heteroatoms. The molecule has 14 heavy (non-hydrogen) atoms. The van der Waals surface area contributed by atoms with Crippen LogP contribution >= 0.6 is 0 Å². The van der Waals surface area contributed by atoms with Gasteiger partial charge < -0.3 is 10.2 Å². The third-order valence-corrected chi connectivity index (χ3v) is 2.75. The Labute approximate surface area is 86.2 Å². The first-order valence-electron chi connectivity index (χ1n) is 4.87. The second kappa shape index (κ2) is 7.17. The molecule has 1 aliphatic heterocycles. The maximum Gasteiger partial charge on any atom is 0.264 e. The normalized spacial score (nSPS) is 18.5. The number of rotatable bonds is 2. The van der Waals surface area contributed by atoms with Gasteiger partial charge in [0, 0.05) is 26.2 Å². The summed E-state index contributed by atoms with van der Waals surface area (Å²) in [5.74, 6) is -0.201. The fourth-order valence-corrected chi connectivity index (χ4v) is 1.03. The van der Waals surface area contributed by atoms with E-state index in [1.165, 1.54) is 39.6 Å². The van der Waals surface area contributed by atoms with E-state index in [-0.39, 0.29) is 5.75 Å². The van der Waals surface area contributed by atoms with Crippen molar-refractivity contribution in [3.63, 3.8) is 0 Å². The van der Waals surface area contributed by atoms with Gasteiger partial charge >= 0.3 is 0 Å². The molecular formula is C8H20N2O3S. The average molecular weight is 224 g/mol. The second-order valence-corrected chi connectivity index (χ2v) is 4.80. The number of likely N-dealkylation sites (N-methyl/N-ethyl adjacent to an activating group) is 1. The Morgan fingerprint density at radius 3 is 1.93 bits per heavy atom. The molecule has 0 spiro atoms. The summed E-state index contributed by atoms with van der Waals surface area (Å²) in [6.07, 6.45) is 0. The lowest BCUT2D eigenvalue weighted by atomic mass is 10.4. The summed E-state index contributed by atoms with van der Waals surface area (Å²) < 4.78 is 26.9. The van der Waals surface area contributed by atoms with Crippen LogP contribution in [0.3, 0.4) is 0 Å². The fraction of sp³-hybridized carbons (Fsp3) is 1.00. The van der Waals surface area contributed by atoms with E-state index in [2.05, 4.69) is 17.1 Å². The fourth-order valence-electron chi connectivity index (χ4n) is 1.03. The molecule has 0 radical (unpaired) electrons. The van der Waals surface area contributed by atoms with Crippen molar-refractivity contribution in [2.24, 2.45) is 0 Å². The van der Waals surface area contributed by atoms with Gasteiger partial charge in [0.05, 0.1) is 5.75 Å². The largest absolute Gasteiger partial charge is 0.314 e. The van der Waals surface area contributed by atoms with Crippen LogP contribution in [0.15, 0.2) is 0 Å². The highest BCUT2D eigenvalue weighted by Crippen LogP contribution is 1.88. The molecule has 1 saturated heterocycles. The molecule has 0 atom stereocenters. The molecule has 5 nitrogen and oxygen atoms in total. The average Bonchev–Trinajstić information content (AvgIpc) is 2.19. The maximum absolute atomic E-state index is 9.56. The summed E-state index contributed by atoms with van der Waals surface area (Å²) in [5.41, 5.74) is 0. The third-order valence-electron chi connectivity index (χ3n) is 2.02. The van der Waals surface area contributed by atoms with Crippen LogP contribution in [0.1, 0.15) is 13.8 Å². The van der Waals surface area contributed by atoms with Gasteiger partial charge in [0.2, 0.25) is 0 Å². The number of nitrogens with one attached hydrogen (secondary N) is 1. The van der Waals surface area contributed by atoms with Crippen LogP contribution in [0.25, 0.3) is 0 Å². The second-order valence-electron chi connectivity index (χ2n) is 3.05. The van der Waals surface area contributed by atoms with Crippen LogP contribution < -0.4 is 5.32 Å². The van der Waals surface area contributed by atoms with Crippen LogP contribution in [-0.2, 0) is 10.1 Å². The zero-order valence-electron chi connectivity index (χ0n) is 8.86. The van der Waals surface area contributed by atoms with Crippen molar-refractivity contribution in [1.82, 2.24) is 10.2 Å². The molecule has 0 aliphatic carbocycles. The van der Waals surface area contributed by atoms with Crippen molar-refractivity contribution in [3.8, 4) is 0 Å². The molecule has 1 heterocycles. The van der Waals surface area contributed by atoms with Gasteiger partial charge in [-0.25, -0.2) is 0 Å². The maximum atomic E-state index is 9.56. The Kier molecular flexibility index (Phi) is 7.08. The summed E-state index contributed by atoms with van der Waals surface area (Å²) in [6, 6.07) is 0. The Morgan fingerprint density at radius 1 is 1.29 bits per heavy atom. The van der Waals surface area contributed by atoms with E-state index in [1.807, 2.05) is 0 Å². The first-order valence-corrected chi connectivity index (χ1v) is 6.48. The molecule has 0 aromatic carbocycles. The van der Waals surface area contributed by atoms with Gasteiger partial charge in [0.15, 0.2) is 0 Å². The molecule has 1 fully saturated rings. The Balaban J connectivity index is 0.000000255. The highest BCUT2D eigenvalue weighted by atomic mass is 32.2. The number of piperazine rings is 1. The van der Waals surface area contributed by atoms with E-state index < -0.39 is 10.1 Å². The molecule has 2 N–H and O–H groups in total. The summed E-state index contributed by atoms with van der Waals surface area (Å²) in [5, 5.41) is 3.31. The molecule has 86 valence electrons. The first-order chi connectivity index (χ1) is 6.49. The molecule has 1 rings (SSSR count). The van der Waals surface area contributed by atoms with Crippen molar-refractivity contribution >= 4 is 10.1 Å². The first kappa shape index (κ1) is 13.8. The van der Waals surface area contributed by atoms with E-state index >= 15 is 0 Å². The predicted molar refractivity (Wildman–Crippen MR) is 57.1 cm³/mol. The summed E-state index contributed by atoms with van der Waals surface area (Å²) in [4.78, 5) is 2.45. The number of nitrogens with zero attached hydrogens (tertiary/aromatic N) is 1. The SMILES string of the molecule is CCN1CCNCC1.CCS(=O)(=O)O. The number of hydrogen-bond acceptors (Lipinski definition) is 4. The lowest BCUT2D eigenvalue weighted by Crippen LogP contribution is -2.43. The standard InChI is InChI=1S/C6H14N2.C2H6O3S/c1-2-8-5-3-7-4-6-8;1-2-6(3,4)5/h7H,2-6H2,1H3;2H2,1H3,(H,3,4,5). The van der Waals surface area contributed by atoms with Crippen LogP contribution in [0.4, 0.5) is 0 Å². The van der Waals surface area contributed by atoms with Gasteiger partial charge in [-0.3, -0.25) is 4.55 Å². The Morgan fingerprint density at radius 2 is 1.71 bits per heavy atom. The van der Waals surface area contributed by atoms with Crippen LogP contribution in [0.2, 0.25) is 0 Å². The van der Waals surface area contributed by atoms with Crippen molar-refractivity contribution in [2.45, 2.75) is 13.8 Å². The monoisotopic (exact) mass is 224 g/mol. The van der Waals surface area contributed by atoms with E-state index in [9.17, 15) is 8.42 Å². The molecule has 0 aromatic rings. The molecule has 0 saturated carbocycles. The van der Waals surface area contributed by atoms with Crippen molar-refractivity contribution in [1.29, 1.82) is 0 Å². The molecular weight excluding hydrogens is 204 g/mol. The molecule has 0 amide bonds. The van der Waals surface area contributed by atoms with E-state index in [0.717, 1.165) is 0 Å². The zero-order valence-corrected chi connectivity index (χ0v) is 9.68. The highest BCUT2D eigenvalue weighted by molar-refractivity contribution is 7.85. The lowest BCUT2D eigenvalue weighted by molar-refractivity contribution is 0.253. The van der Waals surface area contributed by atoms with Gasteiger partial charge in [0.1, 0.15) is 0 Å². The number of hydrogen-bond donors (Lipinski definition) is 2. The quantitative estimate of drug-likeness (QED) is 0.636. The Bertz CT molecular complexity index is 223. The van der Waals surface area contributed by atoms with E-state index in [1.54, 1.807) is 0 Å². The minimum atomic E-state index is -3.66. The Hall–Kier alpha value is -0.170. The predicted octanol–water partition coefficient (Wildman–Crippen LogP) is -0.194. The summed E-state index contributed by atoms with van der Waals surface area (Å²) in [7, 11) is -3.66. The summed E-state index contributed by atoms with van der Waals surface area (Å²) in [6.45, 7) is 9.61. The van der Waals surface area contributed by atoms with Gasteiger partial charge in [-0.2, -0.15) is 8.42 Å². The molecule has 1 aliphatic rings. The van der Waals surface area contributed by atoms with E-state index in [0.29, 0.717) is 0 Å². The topological polar surface area (TPSA) is 69.6 Å². The van der Waals surface area contributed by atoms with Crippen molar-refractivity contribution in [2.75, 3.05) is 38.5 Å². The minimum Gasteiger partial charge on any atom is -0.314 e. The van der Waals surface area contributed by atoms with Gasteiger partial charge in [0.25, 0.3) is 10.1 Å².